The lowest BCUT2D eigenvalue weighted by Crippen LogP contribution is -2.46. The minimum Gasteiger partial charge on any atom is -0.462 e. The molecule has 0 fully saturated rings. The molecule has 0 radical (unpaired) electrons. The highest BCUT2D eigenvalue weighted by atomic mass is 79.9. The van der Waals surface area contributed by atoms with Crippen molar-refractivity contribution in [2.45, 2.75) is 29.8 Å². The van der Waals surface area contributed by atoms with Gasteiger partial charge in [-0.1, -0.05) is 78.9 Å². The lowest BCUT2D eigenvalue weighted by molar-refractivity contribution is -0.146. The zero-order valence-electron chi connectivity index (χ0n) is 22.2. The van der Waals surface area contributed by atoms with Gasteiger partial charge < -0.3 is 10.1 Å². The van der Waals surface area contributed by atoms with Crippen LogP contribution in [0.15, 0.2) is 112 Å². The van der Waals surface area contributed by atoms with Crippen LogP contribution in [0, 0.1) is 11.6 Å². The average molecular weight is 658 g/mol. The van der Waals surface area contributed by atoms with Crippen molar-refractivity contribution in [1.29, 1.82) is 0 Å². The molecule has 0 saturated carbocycles. The first kappa shape index (κ1) is 31.0. The summed E-state index contributed by atoms with van der Waals surface area (Å²) in [6.07, 6.45) is 0.217. The lowest BCUT2D eigenvalue weighted by Gasteiger charge is -2.22. The Morgan fingerprint density at radius 3 is 1.93 bits per heavy atom. The van der Waals surface area contributed by atoms with Gasteiger partial charge in [-0.2, -0.15) is 0 Å². The van der Waals surface area contributed by atoms with Crippen LogP contribution in [0.2, 0.25) is 0 Å². The van der Waals surface area contributed by atoms with E-state index in [2.05, 4.69) is 26.0 Å². The van der Waals surface area contributed by atoms with Crippen LogP contribution in [0.1, 0.15) is 21.5 Å². The third kappa shape index (κ3) is 8.54. The maximum atomic E-state index is 14.6. The molecule has 0 heterocycles. The van der Waals surface area contributed by atoms with E-state index in [0.717, 1.165) is 17.2 Å². The summed E-state index contributed by atoms with van der Waals surface area (Å²) in [6, 6.07) is 25.4. The molecule has 0 spiro atoms. The zero-order valence-corrected chi connectivity index (χ0v) is 24.6. The van der Waals surface area contributed by atoms with Gasteiger partial charge in [-0.15, -0.1) is 0 Å². The molecule has 1 amide bonds. The normalized spacial score (nSPS) is 12.7. The van der Waals surface area contributed by atoms with Crippen LogP contribution in [0.3, 0.4) is 0 Å². The third-order valence-corrected chi connectivity index (χ3v) is 8.70. The van der Waals surface area contributed by atoms with Crippen molar-refractivity contribution in [3.8, 4) is 0 Å². The van der Waals surface area contributed by atoms with E-state index in [-0.39, 0.29) is 17.3 Å². The van der Waals surface area contributed by atoms with E-state index < -0.39 is 57.1 Å². The minimum absolute atomic E-state index is 0.0908. The van der Waals surface area contributed by atoms with Crippen LogP contribution in [0.5, 0.6) is 0 Å². The van der Waals surface area contributed by atoms with Crippen LogP contribution < -0.4 is 10.0 Å². The van der Waals surface area contributed by atoms with Gasteiger partial charge in [0.2, 0.25) is 10.0 Å². The van der Waals surface area contributed by atoms with Crippen LogP contribution in [0.4, 0.5) is 8.78 Å². The molecule has 0 bridgehead atoms. The highest BCUT2D eigenvalue weighted by Crippen LogP contribution is 2.26. The van der Waals surface area contributed by atoms with Crippen molar-refractivity contribution in [2.75, 3.05) is 6.61 Å². The zero-order chi connectivity index (χ0) is 30.1. The van der Waals surface area contributed by atoms with Crippen molar-refractivity contribution >= 4 is 37.8 Å². The Labute approximate surface area is 251 Å². The van der Waals surface area contributed by atoms with Gasteiger partial charge in [-0.25, -0.2) is 26.7 Å². The molecule has 0 aliphatic heterocycles. The quantitative estimate of drug-likeness (QED) is 0.204. The number of halogens is 3. The molecule has 4 aromatic carbocycles. The molecule has 2 atom stereocenters. The second-order valence-corrected chi connectivity index (χ2v) is 11.9. The van der Waals surface area contributed by atoms with Crippen LogP contribution >= 0.6 is 15.9 Å². The molecule has 11 heteroatoms. The van der Waals surface area contributed by atoms with E-state index in [1.807, 2.05) is 6.07 Å². The number of sulfonamides is 1. The van der Waals surface area contributed by atoms with Crippen molar-refractivity contribution in [1.82, 2.24) is 10.0 Å². The van der Waals surface area contributed by atoms with Crippen molar-refractivity contribution < 1.29 is 31.5 Å². The van der Waals surface area contributed by atoms with E-state index in [9.17, 15) is 26.8 Å². The van der Waals surface area contributed by atoms with E-state index in [1.54, 1.807) is 84.9 Å². The van der Waals surface area contributed by atoms with E-state index in [0.29, 0.717) is 11.6 Å². The molecule has 4 rings (SSSR count). The molecule has 0 aliphatic carbocycles. The van der Waals surface area contributed by atoms with Crippen LogP contribution in [-0.2, 0) is 32.4 Å². The molecule has 218 valence electrons. The van der Waals surface area contributed by atoms with Gasteiger partial charge in [0.05, 0.1) is 6.04 Å². The minimum atomic E-state index is -4.53. The molecule has 2 N–H and O–H groups in total. The third-order valence-electron chi connectivity index (χ3n) is 6.21. The summed E-state index contributed by atoms with van der Waals surface area (Å²) in [6.45, 7) is -0.431. The van der Waals surface area contributed by atoms with Gasteiger partial charge in [0.1, 0.15) is 29.2 Å². The maximum absolute atomic E-state index is 14.6. The molecule has 2 unspecified atom stereocenters. The number of ether oxygens (including phenoxy) is 1. The Hall–Kier alpha value is -3.93. The first-order valence-electron chi connectivity index (χ1n) is 12.9. The maximum Gasteiger partial charge on any atom is 0.329 e. The summed E-state index contributed by atoms with van der Waals surface area (Å²) >= 11 is 2.92. The first-order valence-corrected chi connectivity index (χ1v) is 15.2. The Morgan fingerprint density at radius 1 is 0.810 bits per heavy atom. The summed E-state index contributed by atoms with van der Waals surface area (Å²) < 4.78 is 62.2. The summed E-state index contributed by atoms with van der Waals surface area (Å²) in [5.74, 6) is -3.49. The van der Waals surface area contributed by atoms with Crippen molar-refractivity contribution in [2.24, 2.45) is 0 Å². The molecule has 42 heavy (non-hydrogen) atoms. The number of rotatable bonds is 12. The average Bonchev–Trinajstić information content (AvgIpc) is 2.96. The van der Waals surface area contributed by atoms with E-state index >= 15 is 0 Å². The molecular formula is C31H27BrF2N2O5S. The number of nitrogens with one attached hydrogen (secondary N) is 2. The Balaban J connectivity index is 1.55. The van der Waals surface area contributed by atoms with Crippen LogP contribution in [0.25, 0.3) is 0 Å². The number of carbonyl (C=O) groups excluding carboxylic acids is 2. The number of hydrogen-bond donors (Lipinski definition) is 2. The fourth-order valence-electron chi connectivity index (χ4n) is 4.25. The predicted octanol–water partition coefficient (Wildman–Crippen LogP) is 5.20. The van der Waals surface area contributed by atoms with Crippen molar-refractivity contribution in [3.05, 3.63) is 136 Å². The first-order chi connectivity index (χ1) is 20.1. The standard InChI is InChI=1S/C31H27BrF2N2O5S/c32-26-18-24(33)19-27(34)29(26)42(39,40)36-25(16-21-10-4-1-5-11-21)20-41-31(38)28(17-22-12-6-2-7-13-22)35-30(37)23-14-8-3-9-15-23/h1-15,18-19,25,28,36H,16-17,20H2,(H,35,37). The monoisotopic (exact) mass is 656 g/mol. The van der Waals surface area contributed by atoms with Gasteiger partial charge in [0.15, 0.2) is 0 Å². The second-order valence-electron chi connectivity index (χ2n) is 9.42. The Kier molecular flexibility index (Phi) is 10.6. The molecular weight excluding hydrogens is 630 g/mol. The Bertz CT molecular complexity index is 1600. The number of amides is 1. The number of benzene rings is 4. The largest absolute Gasteiger partial charge is 0.462 e. The van der Waals surface area contributed by atoms with Gasteiger partial charge in [0, 0.05) is 22.5 Å². The van der Waals surface area contributed by atoms with Gasteiger partial charge >= 0.3 is 5.97 Å². The van der Waals surface area contributed by atoms with Crippen LogP contribution in [-0.4, -0.2) is 39.0 Å². The number of carbonyl (C=O) groups is 2. The fraction of sp³-hybridized carbons (Fsp3) is 0.161. The van der Waals surface area contributed by atoms with E-state index in [1.165, 1.54) is 0 Å². The lowest BCUT2D eigenvalue weighted by atomic mass is 10.1. The van der Waals surface area contributed by atoms with Gasteiger partial charge in [-0.05, 0) is 51.7 Å². The topological polar surface area (TPSA) is 102 Å². The predicted molar refractivity (Wildman–Crippen MR) is 157 cm³/mol. The number of hydrogen-bond acceptors (Lipinski definition) is 5. The van der Waals surface area contributed by atoms with Gasteiger partial charge in [0.25, 0.3) is 5.91 Å². The Morgan fingerprint density at radius 2 is 1.36 bits per heavy atom. The highest BCUT2D eigenvalue weighted by molar-refractivity contribution is 9.10. The highest BCUT2D eigenvalue weighted by Gasteiger charge is 2.29. The molecule has 4 aromatic rings. The molecule has 0 aromatic heterocycles. The summed E-state index contributed by atoms with van der Waals surface area (Å²) in [5.41, 5.74) is 1.84. The molecule has 7 nitrogen and oxygen atoms in total. The molecule has 0 saturated heterocycles. The summed E-state index contributed by atoms with van der Waals surface area (Å²) in [4.78, 5) is 25.4. The summed E-state index contributed by atoms with van der Waals surface area (Å²) in [7, 11) is -4.53. The number of esters is 1. The van der Waals surface area contributed by atoms with Crippen molar-refractivity contribution in [3.63, 3.8) is 0 Å². The van der Waals surface area contributed by atoms with E-state index in [4.69, 9.17) is 4.74 Å². The summed E-state index contributed by atoms with van der Waals surface area (Å²) in [5, 5.41) is 2.71. The fourth-order valence-corrected chi connectivity index (χ4v) is 6.64. The second kappa shape index (κ2) is 14.3. The SMILES string of the molecule is O=C(NC(Cc1ccccc1)C(=O)OCC(Cc1ccccc1)NS(=O)(=O)c1c(F)cc(F)cc1Br)c1ccccc1. The smallest absolute Gasteiger partial charge is 0.329 e. The van der Waals surface area contributed by atoms with Gasteiger partial charge in [-0.3, -0.25) is 4.79 Å². The molecule has 0 aliphatic rings.